The maximum Gasteiger partial charge on any atom is 0.269 e. The van der Waals surface area contributed by atoms with Crippen LogP contribution in [-0.2, 0) is 10.3 Å². The van der Waals surface area contributed by atoms with E-state index < -0.39 is 22.3 Å². The van der Waals surface area contributed by atoms with Crippen LogP contribution in [0.2, 0.25) is 5.02 Å². The molecule has 2 aliphatic heterocycles. The lowest BCUT2D eigenvalue weighted by Crippen LogP contribution is -2.51. The first-order valence-corrected chi connectivity index (χ1v) is 10.7. The average molecular weight is 463 g/mol. The molecule has 5 rings (SSSR count). The van der Waals surface area contributed by atoms with Crippen LogP contribution in [0.3, 0.4) is 0 Å². The molecule has 1 spiro atoms. The van der Waals surface area contributed by atoms with Crippen molar-refractivity contribution in [2.45, 2.75) is 11.5 Å². The van der Waals surface area contributed by atoms with Crippen LogP contribution < -0.4 is 5.32 Å². The van der Waals surface area contributed by atoms with Crippen LogP contribution in [0.25, 0.3) is 0 Å². The summed E-state index contributed by atoms with van der Waals surface area (Å²) in [5.74, 6) is -1.86. The molecule has 2 aliphatic rings. The summed E-state index contributed by atoms with van der Waals surface area (Å²) in [7, 11) is 1.79. The number of benzene rings is 2. The molecule has 8 nitrogen and oxygen atoms in total. The van der Waals surface area contributed by atoms with Crippen LogP contribution in [0.15, 0.2) is 67.0 Å². The van der Waals surface area contributed by atoms with E-state index >= 15 is 0 Å². The number of nitrogens with one attached hydrogen (secondary N) is 1. The zero-order valence-electron chi connectivity index (χ0n) is 17.6. The maximum atomic E-state index is 14.0. The number of aromatic nitrogens is 1. The highest BCUT2D eigenvalue weighted by atomic mass is 35.5. The lowest BCUT2D eigenvalue weighted by Gasteiger charge is -2.35. The van der Waals surface area contributed by atoms with Crippen molar-refractivity contribution in [3.63, 3.8) is 0 Å². The zero-order valence-corrected chi connectivity index (χ0v) is 18.3. The molecule has 3 aromatic rings. The monoisotopic (exact) mass is 462 g/mol. The molecule has 1 unspecified atom stereocenters. The van der Waals surface area contributed by atoms with Crippen molar-refractivity contribution in [1.82, 2.24) is 9.88 Å². The topological polar surface area (TPSA) is 105 Å². The molecular weight excluding hydrogens is 444 g/mol. The van der Waals surface area contributed by atoms with Gasteiger partial charge in [0.25, 0.3) is 5.69 Å². The van der Waals surface area contributed by atoms with Crippen LogP contribution >= 0.6 is 11.6 Å². The number of fused-ring (bicyclic) bond motifs is 2. The van der Waals surface area contributed by atoms with Gasteiger partial charge in [0, 0.05) is 58.8 Å². The quantitative estimate of drug-likeness (QED) is 0.356. The summed E-state index contributed by atoms with van der Waals surface area (Å²) in [5.41, 5.74) is 0.902. The Morgan fingerprint density at radius 2 is 1.97 bits per heavy atom. The summed E-state index contributed by atoms with van der Waals surface area (Å²) in [5, 5.41) is 14.8. The number of pyridine rings is 1. The van der Waals surface area contributed by atoms with Gasteiger partial charge in [0.2, 0.25) is 5.91 Å². The number of likely N-dealkylation sites (N-methyl/N-ethyl adjacent to an activating group) is 1. The molecule has 0 saturated carbocycles. The fourth-order valence-electron chi connectivity index (χ4n) is 5.28. The standard InChI is InChI=1S/C24H19ClN4O4/c1-28-13-18(15-3-2-4-17(11-15)29(32)33)21(22(30)14-7-9-26-10-8-14)24(28)19-12-16(25)5-6-20(19)27-23(24)31/h2-12,18,21H,13H2,1H3,(H,27,31)/t18-,21?,24-/m1/s1. The Hall–Kier alpha value is -3.62. The van der Waals surface area contributed by atoms with Crippen molar-refractivity contribution in [2.24, 2.45) is 5.92 Å². The van der Waals surface area contributed by atoms with Gasteiger partial charge in [-0.1, -0.05) is 23.7 Å². The van der Waals surface area contributed by atoms with E-state index in [9.17, 15) is 19.7 Å². The number of nitro benzene ring substituents is 1. The van der Waals surface area contributed by atoms with Gasteiger partial charge in [-0.05, 0) is 42.9 Å². The summed E-state index contributed by atoms with van der Waals surface area (Å²) in [6.07, 6.45) is 3.06. The van der Waals surface area contributed by atoms with Crippen molar-refractivity contribution in [2.75, 3.05) is 18.9 Å². The van der Waals surface area contributed by atoms with Crippen LogP contribution in [0, 0.1) is 16.0 Å². The van der Waals surface area contributed by atoms with Gasteiger partial charge in [0.1, 0.15) is 5.54 Å². The average Bonchev–Trinajstić information content (AvgIpc) is 3.29. The molecule has 1 N–H and O–H groups in total. The minimum atomic E-state index is -1.31. The van der Waals surface area contributed by atoms with Gasteiger partial charge < -0.3 is 5.32 Å². The van der Waals surface area contributed by atoms with Crippen LogP contribution in [0.4, 0.5) is 11.4 Å². The van der Waals surface area contributed by atoms with Gasteiger partial charge >= 0.3 is 0 Å². The molecule has 3 heterocycles. The number of rotatable bonds is 4. The van der Waals surface area contributed by atoms with Crippen LogP contribution in [0.1, 0.15) is 27.4 Å². The lowest BCUT2D eigenvalue weighted by molar-refractivity contribution is -0.384. The van der Waals surface area contributed by atoms with E-state index in [-0.39, 0.29) is 17.4 Å². The number of non-ortho nitro benzene ring substituents is 1. The van der Waals surface area contributed by atoms with Gasteiger partial charge in [-0.2, -0.15) is 0 Å². The Kier molecular flexibility index (Phi) is 4.99. The minimum Gasteiger partial charge on any atom is -0.324 e. The molecule has 1 amide bonds. The van der Waals surface area contributed by atoms with E-state index in [0.717, 1.165) is 0 Å². The van der Waals surface area contributed by atoms with Crippen molar-refractivity contribution < 1.29 is 14.5 Å². The number of nitrogens with zero attached hydrogens (tertiary/aromatic N) is 3. The smallest absolute Gasteiger partial charge is 0.269 e. The van der Waals surface area contributed by atoms with E-state index in [4.69, 9.17) is 11.6 Å². The molecule has 2 aromatic carbocycles. The van der Waals surface area contributed by atoms with Gasteiger partial charge in [-0.25, -0.2) is 0 Å². The summed E-state index contributed by atoms with van der Waals surface area (Å²) >= 11 is 6.31. The molecule has 0 bridgehead atoms. The van der Waals surface area contributed by atoms with Gasteiger partial charge in [-0.15, -0.1) is 0 Å². The van der Waals surface area contributed by atoms with E-state index in [1.807, 2.05) is 4.90 Å². The van der Waals surface area contributed by atoms with Gasteiger partial charge in [-0.3, -0.25) is 29.6 Å². The summed E-state index contributed by atoms with van der Waals surface area (Å²) in [6.45, 7) is 0.349. The second-order valence-electron chi connectivity index (χ2n) is 8.33. The summed E-state index contributed by atoms with van der Waals surface area (Å²) in [4.78, 5) is 44.4. The fourth-order valence-corrected chi connectivity index (χ4v) is 5.45. The highest BCUT2D eigenvalue weighted by Crippen LogP contribution is 2.56. The normalized spacial score (nSPS) is 24.0. The highest BCUT2D eigenvalue weighted by Gasteiger charge is 2.64. The molecule has 0 aliphatic carbocycles. The highest BCUT2D eigenvalue weighted by molar-refractivity contribution is 6.31. The fraction of sp³-hybridized carbons (Fsp3) is 0.208. The minimum absolute atomic E-state index is 0.0643. The van der Waals surface area contributed by atoms with Crippen molar-refractivity contribution in [3.05, 3.63) is 98.8 Å². The van der Waals surface area contributed by atoms with Gasteiger partial charge in [0.15, 0.2) is 5.78 Å². The maximum absolute atomic E-state index is 14.0. The SMILES string of the molecule is CN1C[C@H](c2cccc([N+](=O)[O-])c2)C(C(=O)c2ccncc2)[C@]12C(=O)Nc1ccc(Cl)cc12. The van der Waals surface area contributed by atoms with E-state index in [1.54, 1.807) is 49.5 Å². The predicted molar refractivity (Wildman–Crippen MR) is 122 cm³/mol. The number of hydrogen-bond acceptors (Lipinski definition) is 6. The third-order valence-electron chi connectivity index (χ3n) is 6.67. The second kappa shape index (κ2) is 7.75. The molecular formula is C24H19ClN4O4. The Morgan fingerprint density at radius 3 is 2.70 bits per heavy atom. The number of ketones is 1. The van der Waals surface area contributed by atoms with Crippen molar-refractivity contribution in [3.8, 4) is 0 Å². The van der Waals surface area contributed by atoms with E-state index in [1.165, 1.54) is 24.5 Å². The number of carbonyl (C=O) groups excluding carboxylic acids is 2. The number of Topliss-reactive ketones (excluding diaryl/α,β-unsaturated/α-hetero) is 1. The zero-order chi connectivity index (χ0) is 23.3. The van der Waals surface area contributed by atoms with E-state index in [0.29, 0.717) is 33.9 Å². The molecule has 0 radical (unpaired) electrons. The third kappa shape index (κ3) is 3.13. The Morgan fingerprint density at radius 1 is 1.21 bits per heavy atom. The largest absolute Gasteiger partial charge is 0.324 e. The first-order chi connectivity index (χ1) is 15.8. The molecule has 1 saturated heterocycles. The Labute approximate surface area is 194 Å². The molecule has 9 heteroatoms. The van der Waals surface area contributed by atoms with Crippen LogP contribution in [0.5, 0.6) is 0 Å². The molecule has 166 valence electrons. The molecule has 3 atom stereocenters. The lowest BCUT2D eigenvalue weighted by atomic mass is 9.70. The third-order valence-corrected chi connectivity index (χ3v) is 6.90. The number of amides is 1. The van der Waals surface area contributed by atoms with Crippen LogP contribution in [-0.4, -0.2) is 40.1 Å². The van der Waals surface area contributed by atoms with Crippen molar-refractivity contribution in [1.29, 1.82) is 0 Å². The molecule has 1 aromatic heterocycles. The van der Waals surface area contributed by atoms with Crippen molar-refractivity contribution >= 4 is 34.7 Å². The summed E-state index contributed by atoms with van der Waals surface area (Å²) in [6, 6.07) is 14.6. The predicted octanol–water partition coefficient (Wildman–Crippen LogP) is 4.02. The number of anilines is 1. The van der Waals surface area contributed by atoms with Gasteiger partial charge in [0.05, 0.1) is 10.8 Å². The first-order valence-electron chi connectivity index (χ1n) is 10.4. The first kappa shape index (κ1) is 21.2. The summed E-state index contributed by atoms with van der Waals surface area (Å²) < 4.78 is 0. The number of halogens is 1. The van der Waals surface area contributed by atoms with E-state index in [2.05, 4.69) is 10.3 Å². The Bertz CT molecular complexity index is 1300. The second-order valence-corrected chi connectivity index (χ2v) is 8.76. The number of likely N-dealkylation sites (tertiary alicyclic amines) is 1. The Balaban J connectivity index is 1.74. The molecule has 1 fully saturated rings. The molecule has 33 heavy (non-hydrogen) atoms. The number of nitro groups is 1. The number of carbonyl (C=O) groups is 2. The number of hydrogen-bond donors (Lipinski definition) is 1.